The Balaban J connectivity index is 2.11. The quantitative estimate of drug-likeness (QED) is 0.679. The van der Waals surface area contributed by atoms with Crippen molar-refractivity contribution in [1.29, 1.82) is 0 Å². The van der Waals surface area contributed by atoms with Gasteiger partial charge < -0.3 is 15.4 Å². The molecule has 1 amide bonds. The molecule has 0 aliphatic rings. The first-order chi connectivity index (χ1) is 10.4. The van der Waals surface area contributed by atoms with E-state index in [4.69, 9.17) is 0 Å². The zero-order valence-electron chi connectivity index (χ0n) is 12.7. The van der Waals surface area contributed by atoms with Gasteiger partial charge in [-0.3, -0.25) is 4.79 Å². The lowest BCUT2D eigenvalue weighted by molar-refractivity contribution is -0.389. The Hall–Kier alpha value is -2.70. The molecule has 7 nitrogen and oxygen atoms in total. The molecule has 1 aromatic carbocycles. The minimum Gasteiger partial charge on any atom is -0.358 e. The van der Waals surface area contributed by atoms with Crippen molar-refractivity contribution in [3.63, 3.8) is 0 Å². The fourth-order valence-electron chi connectivity index (χ4n) is 2.22. The van der Waals surface area contributed by atoms with Crippen LogP contribution in [0.2, 0.25) is 0 Å². The van der Waals surface area contributed by atoms with Crippen LogP contribution in [0.25, 0.3) is 0 Å². The molecule has 2 rings (SSSR count). The number of aryl methyl sites for hydroxylation is 1. The smallest absolute Gasteiger partial charge is 0.358 e. The van der Waals surface area contributed by atoms with E-state index in [1.165, 1.54) is 10.7 Å². The minimum atomic E-state index is -0.625. The number of carbonyl (C=O) groups is 1. The summed E-state index contributed by atoms with van der Waals surface area (Å²) in [6, 6.07) is 10.2. The first-order valence-corrected chi connectivity index (χ1v) is 6.96. The van der Waals surface area contributed by atoms with Crippen molar-refractivity contribution in [3.05, 3.63) is 57.8 Å². The molecule has 1 aromatic heterocycles. The number of benzene rings is 1. The fraction of sp³-hybridized carbons (Fsp3) is 0.333. The molecule has 0 fully saturated rings. The highest BCUT2D eigenvalue weighted by Crippen LogP contribution is 2.18. The molecule has 1 heterocycles. The molecule has 2 atom stereocenters. The maximum atomic E-state index is 12.3. The molecule has 0 spiro atoms. The molecular formula is C15H18N4O3. The van der Waals surface area contributed by atoms with E-state index >= 15 is 0 Å². The van der Waals surface area contributed by atoms with Crippen LogP contribution in [0.5, 0.6) is 0 Å². The molecule has 0 bridgehead atoms. The number of hydrogen-bond donors (Lipinski definition) is 1. The van der Waals surface area contributed by atoms with Crippen molar-refractivity contribution in [2.45, 2.75) is 32.9 Å². The van der Waals surface area contributed by atoms with Gasteiger partial charge in [-0.15, -0.1) is 0 Å². The van der Waals surface area contributed by atoms with Gasteiger partial charge in [0.15, 0.2) is 0 Å². The largest absolute Gasteiger partial charge is 0.390 e. The minimum absolute atomic E-state index is 0.151. The van der Waals surface area contributed by atoms with Gasteiger partial charge in [-0.1, -0.05) is 30.3 Å². The Morgan fingerprint density at radius 2 is 1.95 bits per heavy atom. The molecule has 0 saturated heterocycles. The van der Waals surface area contributed by atoms with E-state index in [1.54, 1.807) is 13.8 Å². The molecule has 22 heavy (non-hydrogen) atoms. The number of rotatable bonds is 5. The van der Waals surface area contributed by atoms with Crippen molar-refractivity contribution >= 4 is 11.7 Å². The number of aromatic nitrogens is 2. The first kappa shape index (κ1) is 15.7. The average molecular weight is 302 g/mol. The van der Waals surface area contributed by atoms with Gasteiger partial charge in [-0.05, 0) is 31.3 Å². The Morgan fingerprint density at radius 3 is 2.50 bits per heavy atom. The third-order valence-electron chi connectivity index (χ3n) is 3.50. The van der Waals surface area contributed by atoms with Crippen LogP contribution in [0.1, 0.15) is 37.2 Å². The topological polar surface area (TPSA) is 90.1 Å². The van der Waals surface area contributed by atoms with E-state index in [0.29, 0.717) is 5.69 Å². The van der Waals surface area contributed by atoms with Gasteiger partial charge in [0.25, 0.3) is 0 Å². The van der Waals surface area contributed by atoms with Crippen LogP contribution in [0.3, 0.4) is 0 Å². The Labute approximate surface area is 128 Å². The van der Waals surface area contributed by atoms with Gasteiger partial charge >= 0.3 is 5.82 Å². The van der Waals surface area contributed by atoms with Gasteiger partial charge in [0, 0.05) is 0 Å². The van der Waals surface area contributed by atoms with Gasteiger partial charge in [0.2, 0.25) is 5.91 Å². The first-order valence-electron chi connectivity index (χ1n) is 6.96. The Kier molecular flexibility index (Phi) is 4.55. The van der Waals surface area contributed by atoms with Crippen molar-refractivity contribution in [2.24, 2.45) is 0 Å². The second-order valence-corrected chi connectivity index (χ2v) is 5.16. The summed E-state index contributed by atoms with van der Waals surface area (Å²) in [6.45, 7) is 5.24. The lowest BCUT2D eigenvalue weighted by Crippen LogP contribution is -2.33. The summed E-state index contributed by atoms with van der Waals surface area (Å²) in [5.74, 6) is -0.495. The van der Waals surface area contributed by atoms with Crippen molar-refractivity contribution in [3.8, 4) is 0 Å². The summed E-state index contributed by atoms with van der Waals surface area (Å²) in [5.41, 5.74) is 1.56. The van der Waals surface area contributed by atoms with E-state index in [1.807, 2.05) is 37.3 Å². The van der Waals surface area contributed by atoms with Crippen LogP contribution >= 0.6 is 0 Å². The maximum absolute atomic E-state index is 12.3. The zero-order chi connectivity index (χ0) is 16.3. The third-order valence-corrected chi connectivity index (χ3v) is 3.50. The van der Waals surface area contributed by atoms with Crippen LogP contribution in [0, 0.1) is 17.0 Å². The van der Waals surface area contributed by atoms with E-state index in [-0.39, 0.29) is 17.8 Å². The monoisotopic (exact) mass is 302 g/mol. The number of nitrogens with one attached hydrogen (secondary N) is 1. The summed E-state index contributed by atoms with van der Waals surface area (Å²) in [6.07, 6.45) is 0. The molecule has 0 saturated carbocycles. The van der Waals surface area contributed by atoms with Crippen LogP contribution in [-0.4, -0.2) is 20.6 Å². The number of hydrogen-bond acceptors (Lipinski definition) is 4. The SMILES string of the molecule is Cc1cc([N+](=O)[O-])nn1C(C)C(=O)NC(C)c1ccccc1. The summed E-state index contributed by atoms with van der Waals surface area (Å²) in [4.78, 5) is 22.5. The summed E-state index contributed by atoms with van der Waals surface area (Å²) < 4.78 is 1.37. The maximum Gasteiger partial charge on any atom is 0.390 e. The lowest BCUT2D eigenvalue weighted by Gasteiger charge is -2.17. The van der Waals surface area contributed by atoms with E-state index < -0.39 is 11.0 Å². The third kappa shape index (κ3) is 3.30. The molecule has 2 aromatic rings. The van der Waals surface area contributed by atoms with E-state index in [0.717, 1.165) is 5.56 Å². The highest BCUT2D eigenvalue weighted by molar-refractivity contribution is 5.80. The van der Waals surface area contributed by atoms with E-state index in [9.17, 15) is 14.9 Å². The molecule has 2 unspecified atom stereocenters. The van der Waals surface area contributed by atoms with Gasteiger partial charge in [-0.25, -0.2) is 0 Å². The second kappa shape index (κ2) is 6.38. The summed E-state index contributed by atoms with van der Waals surface area (Å²) in [5, 5.41) is 17.5. The Morgan fingerprint density at radius 1 is 1.32 bits per heavy atom. The summed E-state index contributed by atoms with van der Waals surface area (Å²) >= 11 is 0. The van der Waals surface area contributed by atoms with Crippen LogP contribution in [0.4, 0.5) is 5.82 Å². The number of nitro groups is 1. The molecule has 1 N–H and O–H groups in total. The molecule has 116 valence electrons. The van der Waals surface area contributed by atoms with Crippen LogP contribution < -0.4 is 5.32 Å². The van der Waals surface area contributed by atoms with Gasteiger partial charge in [0.05, 0.1) is 22.9 Å². The van der Waals surface area contributed by atoms with Gasteiger partial charge in [0.1, 0.15) is 6.04 Å². The zero-order valence-corrected chi connectivity index (χ0v) is 12.7. The molecular weight excluding hydrogens is 284 g/mol. The van der Waals surface area contributed by atoms with Crippen LogP contribution in [0.15, 0.2) is 36.4 Å². The van der Waals surface area contributed by atoms with Gasteiger partial charge in [-0.2, -0.15) is 4.68 Å². The van der Waals surface area contributed by atoms with Crippen molar-refractivity contribution in [2.75, 3.05) is 0 Å². The van der Waals surface area contributed by atoms with E-state index in [2.05, 4.69) is 10.4 Å². The lowest BCUT2D eigenvalue weighted by atomic mass is 10.1. The molecule has 0 radical (unpaired) electrons. The molecule has 0 aliphatic heterocycles. The van der Waals surface area contributed by atoms with Crippen molar-refractivity contribution < 1.29 is 9.72 Å². The highest BCUT2D eigenvalue weighted by atomic mass is 16.6. The predicted molar refractivity (Wildman–Crippen MR) is 81.3 cm³/mol. The average Bonchev–Trinajstić information content (AvgIpc) is 2.89. The summed E-state index contributed by atoms with van der Waals surface area (Å²) in [7, 11) is 0. The second-order valence-electron chi connectivity index (χ2n) is 5.16. The van der Waals surface area contributed by atoms with Crippen molar-refractivity contribution in [1.82, 2.24) is 15.1 Å². The number of amides is 1. The number of carbonyl (C=O) groups excluding carboxylic acids is 1. The standard InChI is InChI=1S/C15H18N4O3/c1-10-9-14(19(21)22)17-18(10)12(3)15(20)16-11(2)13-7-5-4-6-8-13/h4-9,11-12H,1-3H3,(H,16,20). The highest BCUT2D eigenvalue weighted by Gasteiger charge is 2.25. The molecule has 0 aliphatic carbocycles. The normalized spacial score (nSPS) is 13.4. The Bertz CT molecular complexity index is 681. The molecule has 7 heteroatoms. The number of nitrogens with zero attached hydrogens (tertiary/aromatic N) is 3. The fourth-order valence-corrected chi connectivity index (χ4v) is 2.22. The van der Waals surface area contributed by atoms with Crippen LogP contribution in [-0.2, 0) is 4.79 Å². The predicted octanol–water partition coefficient (Wildman–Crippen LogP) is 2.54.